The molecule has 1 amide bonds. The number of nitrogens with zero attached hydrogens (tertiary/aromatic N) is 1. The van der Waals surface area contributed by atoms with Crippen molar-refractivity contribution in [2.24, 2.45) is 0 Å². The fraction of sp³-hybridized carbons (Fsp3) is 0.200. The second-order valence-corrected chi connectivity index (χ2v) is 5.28. The standard InChI is InChI=1S/C15H14N2O4S/c1-19-11-4-2-10(3-5-11)12-9-22-15(16-12)17-14(18)13-8-20-6-7-21-13/h2-5,8-9H,6-7H2,1H3,(H,16,17,18). The molecule has 3 rings (SSSR count). The number of amides is 1. The number of hydrogen-bond donors (Lipinski definition) is 1. The molecule has 0 aliphatic carbocycles. The van der Waals surface area contributed by atoms with E-state index in [1.54, 1.807) is 7.11 Å². The van der Waals surface area contributed by atoms with E-state index in [0.29, 0.717) is 18.3 Å². The summed E-state index contributed by atoms with van der Waals surface area (Å²) in [6, 6.07) is 7.57. The second-order valence-electron chi connectivity index (χ2n) is 4.42. The van der Waals surface area contributed by atoms with E-state index in [2.05, 4.69) is 10.3 Å². The summed E-state index contributed by atoms with van der Waals surface area (Å²) in [6.07, 6.45) is 1.32. The van der Waals surface area contributed by atoms with Gasteiger partial charge in [0.1, 0.15) is 25.2 Å². The molecule has 0 saturated carbocycles. The van der Waals surface area contributed by atoms with Crippen molar-refractivity contribution >= 4 is 22.4 Å². The first kappa shape index (κ1) is 14.4. The van der Waals surface area contributed by atoms with Gasteiger partial charge in [-0.15, -0.1) is 11.3 Å². The summed E-state index contributed by atoms with van der Waals surface area (Å²) in [7, 11) is 1.62. The summed E-state index contributed by atoms with van der Waals surface area (Å²) in [4.78, 5) is 16.4. The third kappa shape index (κ3) is 3.20. The molecule has 22 heavy (non-hydrogen) atoms. The number of aromatic nitrogens is 1. The zero-order chi connectivity index (χ0) is 15.4. The lowest BCUT2D eigenvalue weighted by atomic mass is 10.2. The number of anilines is 1. The van der Waals surface area contributed by atoms with E-state index in [1.165, 1.54) is 17.6 Å². The van der Waals surface area contributed by atoms with Crippen molar-refractivity contribution in [1.82, 2.24) is 4.98 Å². The molecule has 114 valence electrons. The summed E-state index contributed by atoms with van der Waals surface area (Å²) in [5, 5.41) is 5.08. The van der Waals surface area contributed by atoms with Crippen LogP contribution in [0.4, 0.5) is 5.13 Å². The van der Waals surface area contributed by atoms with Gasteiger partial charge in [-0.25, -0.2) is 4.98 Å². The van der Waals surface area contributed by atoms with E-state index in [-0.39, 0.29) is 11.7 Å². The molecule has 1 N–H and O–H groups in total. The Bertz CT molecular complexity index is 694. The van der Waals surface area contributed by atoms with E-state index in [1.807, 2.05) is 29.6 Å². The number of carbonyl (C=O) groups is 1. The number of hydrogen-bond acceptors (Lipinski definition) is 6. The van der Waals surface area contributed by atoms with Crippen LogP contribution in [0, 0.1) is 0 Å². The predicted octanol–water partition coefficient (Wildman–Crippen LogP) is 2.65. The van der Waals surface area contributed by atoms with Gasteiger partial charge in [0, 0.05) is 10.9 Å². The summed E-state index contributed by atoms with van der Waals surface area (Å²) in [6.45, 7) is 0.823. The lowest BCUT2D eigenvalue weighted by Gasteiger charge is -2.14. The summed E-state index contributed by atoms with van der Waals surface area (Å²) in [5.74, 6) is 0.580. The van der Waals surface area contributed by atoms with Gasteiger partial charge >= 0.3 is 0 Å². The zero-order valence-corrected chi connectivity index (χ0v) is 12.7. The fourth-order valence-electron chi connectivity index (χ4n) is 1.87. The summed E-state index contributed by atoms with van der Waals surface area (Å²) in [5.41, 5.74) is 1.74. The highest BCUT2D eigenvalue weighted by atomic mass is 32.1. The number of methoxy groups -OCH3 is 1. The van der Waals surface area contributed by atoms with Crippen molar-refractivity contribution < 1.29 is 19.0 Å². The number of ether oxygens (including phenoxy) is 3. The molecule has 2 heterocycles. The number of rotatable bonds is 4. The van der Waals surface area contributed by atoms with Gasteiger partial charge in [-0.2, -0.15) is 0 Å². The zero-order valence-electron chi connectivity index (χ0n) is 11.9. The number of carbonyl (C=O) groups excluding carboxylic acids is 1. The van der Waals surface area contributed by atoms with Gasteiger partial charge in [0.25, 0.3) is 5.91 Å². The molecule has 0 radical (unpaired) electrons. The molecule has 0 saturated heterocycles. The highest BCUT2D eigenvalue weighted by Crippen LogP contribution is 2.26. The van der Waals surface area contributed by atoms with Gasteiger partial charge in [0.05, 0.1) is 12.8 Å². The van der Waals surface area contributed by atoms with Crippen LogP contribution in [-0.2, 0) is 14.3 Å². The van der Waals surface area contributed by atoms with Gasteiger partial charge in [0.15, 0.2) is 5.13 Å². The van der Waals surface area contributed by atoms with Gasteiger partial charge in [0.2, 0.25) is 5.76 Å². The molecular formula is C15H14N2O4S. The highest BCUT2D eigenvalue weighted by Gasteiger charge is 2.16. The maximum absolute atomic E-state index is 12.0. The molecule has 0 spiro atoms. The fourth-order valence-corrected chi connectivity index (χ4v) is 2.59. The first-order valence-electron chi connectivity index (χ1n) is 6.62. The van der Waals surface area contributed by atoms with Crippen molar-refractivity contribution in [2.75, 3.05) is 25.6 Å². The lowest BCUT2D eigenvalue weighted by Crippen LogP contribution is -2.21. The largest absolute Gasteiger partial charge is 0.497 e. The van der Waals surface area contributed by atoms with E-state index < -0.39 is 0 Å². The molecule has 0 unspecified atom stereocenters. The molecule has 2 aromatic rings. The first-order chi connectivity index (χ1) is 10.8. The van der Waals surface area contributed by atoms with Crippen molar-refractivity contribution in [3.63, 3.8) is 0 Å². The minimum Gasteiger partial charge on any atom is -0.497 e. The Labute approximate surface area is 131 Å². The van der Waals surface area contributed by atoms with Crippen LogP contribution in [0.5, 0.6) is 5.75 Å². The van der Waals surface area contributed by atoms with Crippen molar-refractivity contribution in [1.29, 1.82) is 0 Å². The smallest absolute Gasteiger partial charge is 0.295 e. The minimum absolute atomic E-state index is 0.160. The summed E-state index contributed by atoms with van der Waals surface area (Å²) < 4.78 is 15.4. The Morgan fingerprint density at radius 1 is 1.32 bits per heavy atom. The molecule has 1 aliphatic rings. The van der Waals surface area contributed by atoms with Crippen LogP contribution in [0.3, 0.4) is 0 Å². The molecular weight excluding hydrogens is 304 g/mol. The first-order valence-corrected chi connectivity index (χ1v) is 7.50. The van der Waals surface area contributed by atoms with Crippen LogP contribution in [0.2, 0.25) is 0 Å². The number of thiazole rings is 1. The van der Waals surface area contributed by atoms with E-state index in [9.17, 15) is 4.79 Å². The Hall–Kier alpha value is -2.54. The van der Waals surface area contributed by atoms with Gasteiger partial charge in [-0.1, -0.05) is 0 Å². The molecule has 1 aliphatic heterocycles. The van der Waals surface area contributed by atoms with Crippen LogP contribution in [0.1, 0.15) is 0 Å². The third-order valence-corrected chi connectivity index (χ3v) is 3.74. The van der Waals surface area contributed by atoms with E-state index in [4.69, 9.17) is 14.2 Å². The average Bonchev–Trinajstić information content (AvgIpc) is 3.04. The quantitative estimate of drug-likeness (QED) is 0.938. The molecule has 6 nitrogen and oxygen atoms in total. The Morgan fingerprint density at radius 3 is 2.82 bits per heavy atom. The van der Waals surface area contributed by atoms with Crippen LogP contribution in [-0.4, -0.2) is 31.2 Å². The maximum Gasteiger partial charge on any atom is 0.295 e. The van der Waals surface area contributed by atoms with Crippen LogP contribution >= 0.6 is 11.3 Å². The molecule has 0 atom stereocenters. The average molecular weight is 318 g/mol. The van der Waals surface area contributed by atoms with Crippen molar-refractivity contribution in [2.45, 2.75) is 0 Å². The predicted molar refractivity (Wildman–Crippen MR) is 82.7 cm³/mol. The normalized spacial score (nSPS) is 13.6. The Balaban J connectivity index is 1.70. The van der Waals surface area contributed by atoms with Crippen LogP contribution < -0.4 is 10.1 Å². The highest BCUT2D eigenvalue weighted by molar-refractivity contribution is 7.14. The number of benzene rings is 1. The van der Waals surface area contributed by atoms with Crippen molar-refractivity contribution in [3.8, 4) is 17.0 Å². The lowest BCUT2D eigenvalue weighted by molar-refractivity contribution is -0.117. The van der Waals surface area contributed by atoms with E-state index in [0.717, 1.165) is 17.0 Å². The molecule has 0 bridgehead atoms. The third-order valence-electron chi connectivity index (χ3n) is 2.98. The topological polar surface area (TPSA) is 69.7 Å². The Kier molecular flexibility index (Phi) is 4.24. The van der Waals surface area contributed by atoms with Crippen LogP contribution in [0.15, 0.2) is 41.7 Å². The van der Waals surface area contributed by atoms with Gasteiger partial charge in [-0.05, 0) is 24.3 Å². The van der Waals surface area contributed by atoms with Gasteiger partial charge in [-0.3, -0.25) is 10.1 Å². The SMILES string of the molecule is COc1ccc(-c2csc(NC(=O)C3=COCCO3)n2)cc1. The van der Waals surface area contributed by atoms with Crippen molar-refractivity contribution in [3.05, 3.63) is 41.7 Å². The van der Waals surface area contributed by atoms with Crippen LogP contribution in [0.25, 0.3) is 11.3 Å². The Morgan fingerprint density at radius 2 is 2.14 bits per heavy atom. The minimum atomic E-state index is -0.365. The summed E-state index contributed by atoms with van der Waals surface area (Å²) >= 11 is 1.35. The number of nitrogens with one attached hydrogen (secondary N) is 1. The molecule has 1 aromatic carbocycles. The van der Waals surface area contributed by atoms with Gasteiger partial charge < -0.3 is 14.2 Å². The van der Waals surface area contributed by atoms with E-state index >= 15 is 0 Å². The molecule has 7 heteroatoms. The molecule has 0 fully saturated rings. The second kappa shape index (κ2) is 6.48. The monoisotopic (exact) mass is 318 g/mol. The maximum atomic E-state index is 12.0. The molecule has 1 aromatic heterocycles.